The molecule has 0 atom stereocenters. The molecule has 0 unspecified atom stereocenters. The molecule has 0 aliphatic rings. The van der Waals surface area contributed by atoms with Gasteiger partial charge in [0.25, 0.3) is 0 Å². The van der Waals surface area contributed by atoms with Gasteiger partial charge in [-0.05, 0) is 44.2 Å². The summed E-state index contributed by atoms with van der Waals surface area (Å²) < 4.78 is 66.9. The summed E-state index contributed by atoms with van der Waals surface area (Å²) in [7, 11) is 0. The number of amides is 1. The van der Waals surface area contributed by atoms with Crippen LogP contribution in [0, 0.1) is 25.5 Å². The molecule has 0 fully saturated rings. The van der Waals surface area contributed by atoms with Crippen molar-refractivity contribution < 1.29 is 26.7 Å². The Kier molecular flexibility index (Phi) is 5.41. The van der Waals surface area contributed by atoms with E-state index >= 15 is 0 Å². The molecule has 4 nitrogen and oxygen atoms in total. The minimum Gasteiger partial charge on any atom is -0.323 e. The van der Waals surface area contributed by atoms with E-state index in [0.717, 1.165) is 24.3 Å². The zero-order valence-electron chi connectivity index (χ0n) is 15.4. The summed E-state index contributed by atoms with van der Waals surface area (Å²) >= 11 is 0. The summed E-state index contributed by atoms with van der Waals surface area (Å²) in [4.78, 5) is 12.3. The molecule has 0 bridgehead atoms. The molecule has 3 aromatic rings. The Hall–Kier alpha value is -3.23. The number of halogens is 5. The number of aromatic nitrogens is 2. The van der Waals surface area contributed by atoms with Gasteiger partial charge in [0.2, 0.25) is 5.91 Å². The van der Waals surface area contributed by atoms with Gasteiger partial charge in [-0.3, -0.25) is 4.79 Å². The molecule has 9 heteroatoms. The standard InChI is InChI=1S/C20H16F5N3O/c1-11-16(10-19(29)26-18-7-6-14(21)9-17(18)22)12(2)28(27-11)15-5-3-4-13(8-15)20(23,24)25/h3-9H,10H2,1-2H3,(H,26,29). The number of aryl methyl sites for hydroxylation is 1. The molecule has 0 radical (unpaired) electrons. The largest absolute Gasteiger partial charge is 0.416 e. The van der Waals surface area contributed by atoms with Crippen LogP contribution in [0.25, 0.3) is 5.69 Å². The van der Waals surface area contributed by atoms with Crippen LogP contribution in [0.3, 0.4) is 0 Å². The lowest BCUT2D eigenvalue weighted by molar-refractivity contribution is -0.137. The van der Waals surface area contributed by atoms with Gasteiger partial charge in [-0.1, -0.05) is 6.07 Å². The van der Waals surface area contributed by atoms with Crippen LogP contribution in [0.5, 0.6) is 0 Å². The van der Waals surface area contributed by atoms with Crippen molar-refractivity contribution in [2.24, 2.45) is 0 Å². The maximum atomic E-state index is 13.7. The Balaban J connectivity index is 1.85. The van der Waals surface area contributed by atoms with Crippen molar-refractivity contribution in [2.75, 3.05) is 5.32 Å². The number of nitrogens with zero attached hydrogens (tertiary/aromatic N) is 2. The first-order chi connectivity index (χ1) is 13.6. The normalized spacial score (nSPS) is 11.6. The summed E-state index contributed by atoms with van der Waals surface area (Å²) in [6.07, 6.45) is -4.67. The highest BCUT2D eigenvalue weighted by atomic mass is 19.4. The number of anilines is 1. The Morgan fingerprint density at radius 1 is 1.10 bits per heavy atom. The molecule has 1 heterocycles. The molecular weight excluding hydrogens is 393 g/mol. The van der Waals surface area contributed by atoms with E-state index in [9.17, 15) is 26.7 Å². The maximum Gasteiger partial charge on any atom is 0.416 e. The van der Waals surface area contributed by atoms with Crippen LogP contribution in [-0.2, 0) is 17.4 Å². The summed E-state index contributed by atoms with van der Waals surface area (Å²) in [6.45, 7) is 3.25. The second-order valence-corrected chi connectivity index (χ2v) is 6.46. The Morgan fingerprint density at radius 2 is 1.83 bits per heavy atom. The van der Waals surface area contributed by atoms with Crippen molar-refractivity contribution in [2.45, 2.75) is 26.4 Å². The number of hydrogen-bond acceptors (Lipinski definition) is 2. The van der Waals surface area contributed by atoms with E-state index in [2.05, 4.69) is 10.4 Å². The van der Waals surface area contributed by atoms with Gasteiger partial charge in [0, 0.05) is 17.3 Å². The van der Waals surface area contributed by atoms with E-state index in [0.29, 0.717) is 23.0 Å². The van der Waals surface area contributed by atoms with Crippen LogP contribution in [0.4, 0.5) is 27.6 Å². The molecule has 0 saturated heterocycles. The van der Waals surface area contributed by atoms with Crippen molar-refractivity contribution in [1.29, 1.82) is 0 Å². The second-order valence-electron chi connectivity index (χ2n) is 6.46. The third-order valence-corrected chi connectivity index (χ3v) is 4.40. The van der Waals surface area contributed by atoms with Crippen molar-refractivity contribution in [3.8, 4) is 5.69 Å². The van der Waals surface area contributed by atoms with Crippen LogP contribution in [0.1, 0.15) is 22.5 Å². The zero-order valence-corrected chi connectivity index (χ0v) is 15.4. The number of alkyl halides is 3. The smallest absolute Gasteiger partial charge is 0.323 e. The molecule has 0 saturated carbocycles. The summed E-state index contributed by atoms with van der Waals surface area (Å²) in [6, 6.07) is 7.45. The quantitative estimate of drug-likeness (QED) is 0.619. The van der Waals surface area contributed by atoms with Crippen molar-refractivity contribution in [1.82, 2.24) is 9.78 Å². The predicted octanol–water partition coefficient (Wildman–Crippen LogP) is 4.97. The third kappa shape index (κ3) is 4.44. The lowest BCUT2D eigenvalue weighted by atomic mass is 10.1. The number of benzene rings is 2. The SMILES string of the molecule is Cc1nn(-c2cccc(C(F)(F)F)c2)c(C)c1CC(=O)Nc1ccc(F)cc1F. The van der Waals surface area contributed by atoms with Crippen LogP contribution < -0.4 is 5.32 Å². The van der Waals surface area contributed by atoms with E-state index in [-0.39, 0.29) is 17.8 Å². The van der Waals surface area contributed by atoms with Crippen LogP contribution in [0.15, 0.2) is 42.5 Å². The molecule has 1 N–H and O–H groups in total. The fourth-order valence-electron chi connectivity index (χ4n) is 2.94. The molecule has 0 aliphatic carbocycles. The van der Waals surface area contributed by atoms with Crippen molar-refractivity contribution in [3.63, 3.8) is 0 Å². The maximum absolute atomic E-state index is 13.7. The average molecular weight is 409 g/mol. The lowest BCUT2D eigenvalue weighted by Crippen LogP contribution is -2.16. The fourth-order valence-corrected chi connectivity index (χ4v) is 2.94. The summed E-state index contributed by atoms with van der Waals surface area (Å²) in [5.41, 5.74) is 0.663. The van der Waals surface area contributed by atoms with Gasteiger partial charge in [0.15, 0.2) is 0 Å². The highest BCUT2D eigenvalue weighted by molar-refractivity contribution is 5.92. The average Bonchev–Trinajstić information content (AvgIpc) is 2.92. The topological polar surface area (TPSA) is 46.9 Å². The summed E-state index contributed by atoms with van der Waals surface area (Å²) in [5.74, 6) is -2.24. The molecule has 152 valence electrons. The van der Waals surface area contributed by atoms with E-state index in [1.54, 1.807) is 13.8 Å². The van der Waals surface area contributed by atoms with Gasteiger partial charge in [-0.25, -0.2) is 13.5 Å². The molecule has 2 aromatic carbocycles. The first-order valence-electron chi connectivity index (χ1n) is 8.54. The molecule has 1 amide bonds. The lowest BCUT2D eigenvalue weighted by Gasteiger charge is -2.10. The molecule has 29 heavy (non-hydrogen) atoms. The van der Waals surface area contributed by atoms with Crippen molar-refractivity contribution >= 4 is 11.6 Å². The molecule has 3 rings (SSSR count). The molecule has 0 aliphatic heterocycles. The number of nitrogens with one attached hydrogen (secondary N) is 1. The van der Waals surface area contributed by atoms with Crippen LogP contribution in [0.2, 0.25) is 0 Å². The first kappa shape index (κ1) is 20.5. The van der Waals surface area contributed by atoms with Crippen LogP contribution in [-0.4, -0.2) is 15.7 Å². The number of rotatable bonds is 4. The third-order valence-electron chi connectivity index (χ3n) is 4.40. The number of carbonyl (C=O) groups is 1. The van der Waals surface area contributed by atoms with E-state index in [4.69, 9.17) is 0 Å². The Bertz CT molecular complexity index is 1070. The minimum atomic E-state index is -4.49. The molecular formula is C20H16F5N3O. The minimum absolute atomic E-state index is 0.169. The fraction of sp³-hybridized carbons (Fsp3) is 0.200. The Labute approximate surface area is 163 Å². The second kappa shape index (κ2) is 7.65. The van der Waals surface area contributed by atoms with Gasteiger partial charge < -0.3 is 5.32 Å². The van der Waals surface area contributed by atoms with Gasteiger partial charge in [-0.2, -0.15) is 18.3 Å². The Morgan fingerprint density at radius 3 is 2.48 bits per heavy atom. The highest BCUT2D eigenvalue weighted by Crippen LogP contribution is 2.31. The van der Waals surface area contributed by atoms with E-state index in [1.165, 1.54) is 16.8 Å². The monoisotopic (exact) mass is 409 g/mol. The molecule has 1 aromatic heterocycles. The van der Waals surface area contributed by atoms with Crippen LogP contribution >= 0.6 is 0 Å². The van der Waals surface area contributed by atoms with Crippen molar-refractivity contribution in [3.05, 3.63) is 76.6 Å². The van der Waals surface area contributed by atoms with Gasteiger partial charge >= 0.3 is 6.18 Å². The first-order valence-corrected chi connectivity index (χ1v) is 8.54. The number of hydrogen-bond donors (Lipinski definition) is 1. The van der Waals surface area contributed by atoms with Gasteiger partial charge in [0.1, 0.15) is 11.6 Å². The zero-order chi connectivity index (χ0) is 21.3. The van der Waals surface area contributed by atoms with Gasteiger partial charge in [0.05, 0.1) is 29.1 Å². The van der Waals surface area contributed by atoms with E-state index in [1.807, 2.05) is 0 Å². The highest BCUT2D eigenvalue weighted by Gasteiger charge is 2.30. The number of carbonyl (C=O) groups excluding carboxylic acids is 1. The van der Waals surface area contributed by atoms with E-state index < -0.39 is 29.3 Å². The predicted molar refractivity (Wildman–Crippen MR) is 96.7 cm³/mol. The summed E-state index contributed by atoms with van der Waals surface area (Å²) in [5, 5.41) is 6.59. The van der Waals surface area contributed by atoms with Gasteiger partial charge in [-0.15, -0.1) is 0 Å². The molecule has 0 spiro atoms.